The number of benzene rings is 2. The minimum Gasteiger partial charge on any atom is -0.491 e. The van der Waals surface area contributed by atoms with Crippen LogP contribution >= 0.6 is 23.2 Å². The Morgan fingerprint density at radius 2 is 1.81 bits per heavy atom. The lowest BCUT2D eigenvalue weighted by molar-refractivity contribution is -0.121. The summed E-state index contributed by atoms with van der Waals surface area (Å²) in [5.41, 5.74) is 1.32. The normalized spacial score (nSPS) is 15.2. The highest BCUT2D eigenvalue weighted by atomic mass is 35.5. The minimum atomic E-state index is -0.350. The fourth-order valence-electron chi connectivity index (χ4n) is 3.86. The second-order valence-corrected chi connectivity index (χ2v) is 9.08. The van der Waals surface area contributed by atoms with Crippen LogP contribution in [0.25, 0.3) is 11.3 Å². The third-order valence-corrected chi connectivity index (χ3v) is 6.23. The van der Waals surface area contributed by atoms with Crippen molar-refractivity contribution in [1.82, 2.24) is 15.5 Å². The van der Waals surface area contributed by atoms with Gasteiger partial charge in [-0.3, -0.25) is 14.4 Å². The molecule has 0 bridgehead atoms. The molecule has 1 aliphatic heterocycles. The van der Waals surface area contributed by atoms with Gasteiger partial charge in [-0.15, -0.1) is 0 Å². The maximum Gasteiger partial charge on any atom is 0.257 e. The number of carbonyl (C=O) groups excluding carboxylic acids is 3. The van der Waals surface area contributed by atoms with Gasteiger partial charge in [-0.1, -0.05) is 35.3 Å². The van der Waals surface area contributed by atoms with Crippen molar-refractivity contribution in [2.75, 3.05) is 32.8 Å². The van der Waals surface area contributed by atoms with Crippen LogP contribution in [0.15, 0.2) is 52.9 Å². The maximum absolute atomic E-state index is 13.4. The van der Waals surface area contributed by atoms with Gasteiger partial charge < -0.3 is 24.7 Å². The summed E-state index contributed by atoms with van der Waals surface area (Å²) in [5, 5.41) is 6.49. The molecule has 10 heteroatoms. The summed E-state index contributed by atoms with van der Waals surface area (Å²) in [6.45, 7) is 2.42. The average Bonchev–Trinajstić information content (AvgIpc) is 3.24. The van der Waals surface area contributed by atoms with Crippen molar-refractivity contribution in [2.24, 2.45) is 0 Å². The quantitative estimate of drug-likeness (QED) is 0.514. The first-order valence-electron chi connectivity index (χ1n) is 11.5. The summed E-state index contributed by atoms with van der Waals surface area (Å²) in [6, 6.07) is 13.6. The molecule has 0 atom stereocenters. The van der Waals surface area contributed by atoms with Crippen LogP contribution in [-0.4, -0.2) is 55.4 Å². The second-order valence-electron chi connectivity index (χ2n) is 8.24. The predicted octanol–water partition coefficient (Wildman–Crippen LogP) is 4.33. The van der Waals surface area contributed by atoms with Crippen molar-refractivity contribution >= 4 is 40.9 Å². The van der Waals surface area contributed by atoms with E-state index in [0.29, 0.717) is 50.4 Å². The third-order valence-electron chi connectivity index (χ3n) is 5.67. The van der Waals surface area contributed by atoms with E-state index in [1.165, 1.54) is 11.0 Å². The van der Waals surface area contributed by atoms with E-state index in [2.05, 4.69) is 10.6 Å². The van der Waals surface area contributed by atoms with E-state index in [1.54, 1.807) is 37.3 Å². The Bertz CT molecular complexity index is 1290. The van der Waals surface area contributed by atoms with Gasteiger partial charge in [0, 0.05) is 23.7 Å². The highest BCUT2D eigenvalue weighted by Crippen LogP contribution is 2.31. The molecule has 1 aromatic heterocycles. The molecule has 2 aromatic carbocycles. The molecule has 3 aromatic rings. The van der Waals surface area contributed by atoms with E-state index in [0.717, 1.165) is 0 Å². The van der Waals surface area contributed by atoms with Crippen LogP contribution < -0.4 is 15.4 Å². The molecule has 3 amide bonds. The van der Waals surface area contributed by atoms with Crippen LogP contribution in [0.2, 0.25) is 10.0 Å². The van der Waals surface area contributed by atoms with E-state index < -0.39 is 0 Å². The molecule has 4 rings (SSSR count). The summed E-state index contributed by atoms with van der Waals surface area (Å²) >= 11 is 12.3. The van der Waals surface area contributed by atoms with Gasteiger partial charge in [0.15, 0.2) is 0 Å². The molecular weight excluding hydrogens is 505 g/mol. The number of carbonyl (C=O) groups is 3. The van der Waals surface area contributed by atoms with Gasteiger partial charge in [-0.25, -0.2) is 0 Å². The zero-order valence-corrected chi connectivity index (χ0v) is 21.1. The molecule has 2 N–H and O–H groups in total. The highest BCUT2D eigenvalue weighted by molar-refractivity contribution is 6.33. The van der Waals surface area contributed by atoms with Gasteiger partial charge >= 0.3 is 0 Å². The number of rotatable bonds is 2. The number of halogens is 2. The van der Waals surface area contributed by atoms with Gasteiger partial charge in [0.05, 0.1) is 29.2 Å². The Hall–Kier alpha value is -3.49. The number of nitrogens with zero attached hydrogens (tertiary/aromatic N) is 1. The lowest BCUT2D eigenvalue weighted by Crippen LogP contribution is -2.43. The van der Waals surface area contributed by atoms with Gasteiger partial charge in [0.25, 0.3) is 11.8 Å². The van der Waals surface area contributed by atoms with Gasteiger partial charge in [-0.2, -0.15) is 0 Å². The summed E-state index contributed by atoms with van der Waals surface area (Å²) < 4.78 is 11.5. The molecule has 0 saturated heterocycles. The van der Waals surface area contributed by atoms with E-state index in [1.807, 2.05) is 12.1 Å². The zero-order valence-electron chi connectivity index (χ0n) is 19.6. The van der Waals surface area contributed by atoms with E-state index in [4.69, 9.17) is 32.4 Å². The Morgan fingerprint density at radius 1 is 1.00 bits per heavy atom. The van der Waals surface area contributed by atoms with Gasteiger partial charge in [0.1, 0.15) is 23.9 Å². The molecule has 0 fully saturated rings. The topological polar surface area (TPSA) is 101 Å². The molecule has 1 aliphatic rings. The summed E-state index contributed by atoms with van der Waals surface area (Å²) in [6.07, 6.45) is 0.426. The van der Waals surface area contributed by atoms with Gasteiger partial charge in [0.2, 0.25) is 5.91 Å². The van der Waals surface area contributed by atoms with Crippen LogP contribution in [0, 0.1) is 6.92 Å². The SMILES string of the molecule is Cc1oc(-c2ccccc2Cl)cc1C(=O)N1CCCNC(=O)c2cc(Cl)ccc2OCCNC(=O)C1. The van der Waals surface area contributed by atoms with Crippen molar-refractivity contribution in [3.8, 4) is 17.1 Å². The van der Waals surface area contributed by atoms with E-state index in [9.17, 15) is 14.4 Å². The monoisotopic (exact) mass is 529 g/mol. The maximum atomic E-state index is 13.4. The van der Waals surface area contributed by atoms with E-state index >= 15 is 0 Å². The van der Waals surface area contributed by atoms with Gasteiger partial charge in [-0.05, 0) is 49.7 Å². The Labute approximate surface area is 218 Å². The van der Waals surface area contributed by atoms with Crippen molar-refractivity contribution in [3.05, 3.63) is 75.5 Å². The van der Waals surface area contributed by atoms with Crippen LogP contribution in [0.4, 0.5) is 0 Å². The first-order chi connectivity index (χ1) is 17.3. The lowest BCUT2D eigenvalue weighted by Gasteiger charge is -2.23. The van der Waals surface area contributed by atoms with Crippen molar-refractivity contribution < 1.29 is 23.5 Å². The summed E-state index contributed by atoms with van der Waals surface area (Å²) in [4.78, 5) is 40.2. The molecule has 0 radical (unpaired) electrons. The average molecular weight is 530 g/mol. The zero-order chi connectivity index (χ0) is 25.7. The third kappa shape index (κ3) is 6.01. The number of hydrogen-bond acceptors (Lipinski definition) is 5. The highest BCUT2D eigenvalue weighted by Gasteiger charge is 2.24. The molecule has 188 valence electrons. The molecular formula is C26H25Cl2N3O5. The van der Waals surface area contributed by atoms with Crippen molar-refractivity contribution in [2.45, 2.75) is 13.3 Å². The number of furan rings is 1. The van der Waals surface area contributed by atoms with Crippen LogP contribution in [0.3, 0.4) is 0 Å². The standard InChI is InChI=1S/C26H25Cl2N3O5/c1-16-19(14-23(36-16)18-5-2-3-6-21(18)28)26(34)31-11-4-9-30-25(33)20-13-17(27)7-8-22(20)35-12-10-29-24(32)15-31/h2-3,5-8,13-14H,4,9-12,15H2,1H3,(H,29,32)(H,30,33). The predicted molar refractivity (Wildman–Crippen MR) is 137 cm³/mol. The Morgan fingerprint density at radius 3 is 2.61 bits per heavy atom. The number of aryl methyl sites for hydroxylation is 1. The summed E-state index contributed by atoms with van der Waals surface area (Å²) in [5.74, 6) is 0.263. The summed E-state index contributed by atoms with van der Waals surface area (Å²) in [7, 11) is 0. The number of hydrogen-bond donors (Lipinski definition) is 2. The molecule has 0 saturated carbocycles. The Kier molecular flexibility index (Phi) is 8.18. The molecule has 36 heavy (non-hydrogen) atoms. The van der Waals surface area contributed by atoms with Crippen LogP contribution in [-0.2, 0) is 4.79 Å². The first-order valence-corrected chi connectivity index (χ1v) is 12.2. The number of ether oxygens (including phenoxy) is 1. The molecule has 0 unspecified atom stereocenters. The largest absolute Gasteiger partial charge is 0.491 e. The molecule has 0 spiro atoms. The van der Waals surface area contributed by atoms with Crippen LogP contribution in [0.5, 0.6) is 5.75 Å². The molecule has 8 nitrogen and oxygen atoms in total. The molecule has 2 heterocycles. The van der Waals surface area contributed by atoms with Crippen LogP contribution in [0.1, 0.15) is 32.9 Å². The van der Waals surface area contributed by atoms with Crippen molar-refractivity contribution in [1.29, 1.82) is 0 Å². The Balaban J connectivity index is 1.52. The fourth-order valence-corrected chi connectivity index (χ4v) is 4.27. The number of fused-ring (bicyclic) bond motifs is 1. The lowest BCUT2D eigenvalue weighted by atomic mass is 10.1. The second kappa shape index (κ2) is 11.5. The fraction of sp³-hybridized carbons (Fsp3) is 0.269. The number of amides is 3. The first kappa shape index (κ1) is 25.6. The minimum absolute atomic E-state index is 0.142. The smallest absolute Gasteiger partial charge is 0.257 e. The number of nitrogens with one attached hydrogen (secondary N) is 2. The molecule has 0 aliphatic carbocycles. The van der Waals surface area contributed by atoms with Crippen molar-refractivity contribution in [3.63, 3.8) is 0 Å². The van der Waals surface area contributed by atoms with E-state index in [-0.39, 0.29) is 50.5 Å².